The Hall–Kier alpha value is -1.97. The second-order valence-electron chi connectivity index (χ2n) is 6.70. The molecule has 138 valence electrons. The van der Waals surface area contributed by atoms with Crippen LogP contribution in [0.4, 0.5) is 9.18 Å². The smallest absolute Gasteiger partial charge is 0.410 e. The fourth-order valence-electron chi connectivity index (χ4n) is 2.45. The first-order valence-corrected chi connectivity index (χ1v) is 7.53. The van der Waals surface area contributed by atoms with Gasteiger partial charge in [-0.25, -0.2) is 14.0 Å². The first-order valence-electron chi connectivity index (χ1n) is 7.53. The number of piperidine rings is 1. The number of likely N-dealkylation sites (tertiary alicyclic amines) is 1. The van der Waals surface area contributed by atoms with Crippen LogP contribution in [0, 0.1) is 10.1 Å². The zero-order chi connectivity index (χ0) is 18.8. The van der Waals surface area contributed by atoms with Crippen LogP contribution in [0.2, 0.25) is 0 Å². The number of halogens is 1. The average molecular weight is 350 g/mol. The van der Waals surface area contributed by atoms with E-state index in [2.05, 4.69) is 4.74 Å². The van der Waals surface area contributed by atoms with Gasteiger partial charge in [-0.2, -0.15) is 0 Å². The Morgan fingerprint density at radius 1 is 1.42 bits per heavy atom. The van der Waals surface area contributed by atoms with Gasteiger partial charge in [0.15, 0.2) is 5.60 Å². The number of carbonyl (C=O) groups excluding carboxylic acids is 2. The number of hydrogen-bond acceptors (Lipinski definition) is 7. The van der Waals surface area contributed by atoms with Crippen molar-refractivity contribution >= 4 is 12.1 Å². The number of alkyl halides is 1. The number of β-amino-alcohol motifs (C(OH)–C–C–N with tert-alkyl or cyclic N) is 1. The molecule has 2 unspecified atom stereocenters. The van der Waals surface area contributed by atoms with E-state index in [1.54, 1.807) is 20.8 Å². The SMILES string of the molecule is CCOC(=O)C1(F)CCN(C(=O)OC(C)(C)C)CC1(O)C[N+](=O)[O-]. The number of carbonyl (C=O) groups is 2. The molecule has 0 radical (unpaired) electrons. The summed E-state index contributed by atoms with van der Waals surface area (Å²) in [5.41, 5.74) is -6.52. The Morgan fingerprint density at radius 3 is 2.46 bits per heavy atom. The summed E-state index contributed by atoms with van der Waals surface area (Å²) in [4.78, 5) is 34.8. The maximum atomic E-state index is 15.1. The number of esters is 1. The molecule has 0 aromatic heterocycles. The maximum Gasteiger partial charge on any atom is 0.410 e. The number of nitrogens with zero attached hydrogens (tertiary/aromatic N) is 2. The summed E-state index contributed by atoms with van der Waals surface area (Å²) in [6.07, 6.45) is -1.48. The van der Waals surface area contributed by atoms with Crippen molar-refractivity contribution in [2.45, 2.75) is 51.0 Å². The summed E-state index contributed by atoms with van der Waals surface area (Å²) < 4.78 is 24.9. The van der Waals surface area contributed by atoms with Gasteiger partial charge in [-0.15, -0.1) is 0 Å². The van der Waals surface area contributed by atoms with Crippen molar-refractivity contribution < 1.29 is 33.5 Å². The molecule has 1 amide bonds. The van der Waals surface area contributed by atoms with Crippen molar-refractivity contribution in [3.63, 3.8) is 0 Å². The predicted octanol–water partition coefficient (Wildman–Crippen LogP) is 0.906. The quantitative estimate of drug-likeness (QED) is 0.454. The zero-order valence-electron chi connectivity index (χ0n) is 14.2. The second kappa shape index (κ2) is 6.88. The summed E-state index contributed by atoms with van der Waals surface area (Å²) in [6, 6.07) is 0. The summed E-state index contributed by atoms with van der Waals surface area (Å²) in [5, 5.41) is 21.3. The van der Waals surface area contributed by atoms with Gasteiger partial charge in [-0.1, -0.05) is 0 Å². The number of rotatable bonds is 4. The standard InChI is InChI=1S/C14H23FN2O7/c1-5-23-10(18)14(15)6-7-16(11(19)24-12(2,3)4)8-13(14,20)9-17(21)22/h20H,5-9H2,1-4H3. The van der Waals surface area contributed by atoms with E-state index in [9.17, 15) is 24.8 Å². The summed E-state index contributed by atoms with van der Waals surface area (Å²) in [6.45, 7) is 3.92. The Kier molecular flexibility index (Phi) is 5.75. The molecule has 1 N–H and O–H groups in total. The van der Waals surface area contributed by atoms with E-state index < -0.39 is 53.4 Å². The Morgan fingerprint density at radius 2 is 2.00 bits per heavy atom. The Bertz CT molecular complexity index is 522. The van der Waals surface area contributed by atoms with E-state index in [0.29, 0.717) is 0 Å². The molecule has 0 aromatic carbocycles. The summed E-state index contributed by atoms with van der Waals surface area (Å²) in [5.74, 6) is -1.38. The topological polar surface area (TPSA) is 119 Å². The first-order chi connectivity index (χ1) is 10.8. The molecule has 1 saturated heterocycles. The number of ether oxygens (including phenoxy) is 2. The highest BCUT2D eigenvalue weighted by molar-refractivity contribution is 5.82. The number of nitro groups is 1. The minimum Gasteiger partial charge on any atom is -0.464 e. The molecule has 1 fully saturated rings. The molecule has 10 heteroatoms. The van der Waals surface area contributed by atoms with Crippen LogP contribution in [0.1, 0.15) is 34.1 Å². The van der Waals surface area contributed by atoms with Crippen LogP contribution in [-0.2, 0) is 14.3 Å². The number of hydrogen-bond donors (Lipinski definition) is 1. The van der Waals surface area contributed by atoms with E-state index in [4.69, 9.17) is 4.74 Å². The van der Waals surface area contributed by atoms with Crippen LogP contribution < -0.4 is 0 Å². The first kappa shape index (κ1) is 20.1. The van der Waals surface area contributed by atoms with Crippen LogP contribution in [0.5, 0.6) is 0 Å². The van der Waals surface area contributed by atoms with Crippen LogP contribution in [-0.4, -0.2) is 70.1 Å². The molecule has 1 rings (SSSR count). The van der Waals surface area contributed by atoms with Gasteiger partial charge in [0, 0.05) is 17.9 Å². The van der Waals surface area contributed by atoms with Crippen molar-refractivity contribution in [1.82, 2.24) is 4.90 Å². The average Bonchev–Trinajstić information content (AvgIpc) is 2.39. The molecule has 2 atom stereocenters. The molecule has 1 heterocycles. The summed E-state index contributed by atoms with van der Waals surface area (Å²) in [7, 11) is 0. The minimum absolute atomic E-state index is 0.144. The third kappa shape index (κ3) is 4.31. The van der Waals surface area contributed by atoms with Crippen molar-refractivity contribution in [1.29, 1.82) is 0 Å². The van der Waals surface area contributed by atoms with E-state index in [1.165, 1.54) is 6.92 Å². The largest absolute Gasteiger partial charge is 0.464 e. The summed E-state index contributed by atoms with van der Waals surface area (Å²) >= 11 is 0. The van der Waals surface area contributed by atoms with Crippen LogP contribution in [0.25, 0.3) is 0 Å². The lowest BCUT2D eigenvalue weighted by atomic mass is 9.78. The molecular formula is C14H23FN2O7. The van der Waals surface area contributed by atoms with Crippen molar-refractivity contribution in [3.8, 4) is 0 Å². The lowest BCUT2D eigenvalue weighted by Crippen LogP contribution is -2.69. The molecule has 0 spiro atoms. The van der Waals surface area contributed by atoms with Crippen LogP contribution in [0.3, 0.4) is 0 Å². The van der Waals surface area contributed by atoms with Crippen molar-refractivity contribution in [2.75, 3.05) is 26.2 Å². The molecule has 0 saturated carbocycles. The molecular weight excluding hydrogens is 327 g/mol. The molecule has 0 aliphatic carbocycles. The second-order valence-corrected chi connectivity index (χ2v) is 6.70. The van der Waals surface area contributed by atoms with Gasteiger partial charge >= 0.3 is 12.1 Å². The molecule has 9 nitrogen and oxygen atoms in total. The molecule has 0 aromatic rings. The van der Waals surface area contributed by atoms with Crippen LogP contribution >= 0.6 is 0 Å². The van der Waals surface area contributed by atoms with Gasteiger partial charge in [0.1, 0.15) is 5.60 Å². The minimum atomic E-state index is -2.98. The van der Waals surface area contributed by atoms with Gasteiger partial charge in [0.25, 0.3) is 0 Å². The highest BCUT2D eigenvalue weighted by Crippen LogP contribution is 2.37. The third-order valence-electron chi connectivity index (χ3n) is 3.56. The third-order valence-corrected chi connectivity index (χ3v) is 3.56. The Balaban J connectivity index is 3.08. The molecule has 1 aliphatic heterocycles. The van der Waals surface area contributed by atoms with E-state index in [-0.39, 0.29) is 13.2 Å². The Labute approximate surface area is 138 Å². The molecule has 24 heavy (non-hydrogen) atoms. The van der Waals surface area contributed by atoms with Crippen molar-refractivity contribution in [2.24, 2.45) is 0 Å². The van der Waals surface area contributed by atoms with Gasteiger partial charge in [0.05, 0.1) is 13.2 Å². The van der Waals surface area contributed by atoms with Gasteiger partial charge in [0.2, 0.25) is 12.2 Å². The highest BCUT2D eigenvalue weighted by Gasteiger charge is 2.64. The zero-order valence-corrected chi connectivity index (χ0v) is 14.2. The van der Waals surface area contributed by atoms with Gasteiger partial charge in [-0.3, -0.25) is 10.1 Å². The fourth-order valence-corrected chi connectivity index (χ4v) is 2.45. The molecule has 0 bridgehead atoms. The van der Waals surface area contributed by atoms with Crippen molar-refractivity contribution in [3.05, 3.63) is 10.1 Å². The van der Waals surface area contributed by atoms with E-state index >= 15 is 4.39 Å². The monoisotopic (exact) mass is 350 g/mol. The van der Waals surface area contributed by atoms with Gasteiger partial charge < -0.3 is 19.5 Å². The highest BCUT2D eigenvalue weighted by atomic mass is 19.1. The van der Waals surface area contributed by atoms with Crippen LogP contribution in [0.15, 0.2) is 0 Å². The van der Waals surface area contributed by atoms with E-state index in [0.717, 1.165) is 4.90 Å². The number of aliphatic hydroxyl groups is 1. The normalized spacial score (nSPS) is 27.5. The molecule has 1 aliphatic rings. The lowest BCUT2D eigenvalue weighted by Gasteiger charge is -2.44. The lowest BCUT2D eigenvalue weighted by molar-refractivity contribution is -0.507. The maximum absolute atomic E-state index is 15.1. The fraction of sp³-hybridized carbons (Fsp3) is 0.857. The number of amides is 1. The van der Waals surface area contributed by atoms with Gasteiger partial charge in [-0.05, 0) is 27.7 Å². The van der Waals surface area contributed by atoms with E-state index in [1.807, 2.05) is 0 Å². The predicted molar refractivity (Wildman–Crippen MR) is 79.7 cm³/mol.